The fraction of sp³-hybridized carbons (Fsp3) is 0.333. The van der Waals surface area contributed by atoms with E-state index in [4.69, 9.17) is 0 Å². The minimum atomic E-state index is -0.326. The molecule has 130 valence electrons. The summed E-state index contributed by atoms with van der Waals surface area (Å²) in [6.45, 7) is 8.44. The van der Waals surface area contributed by atoms with E-state index < -0.39 is 0 Å². The molecule has 0 saturated carbocycles. The Kier molecular flexibility index (Phi) is 4.62. The fourth-order valence-corrected chi connectivity index (χ4v) is 3.42. The first-order valence-electron chi connectivity index (χ1n) is 8.60. The number of hydrogen-bond donors (Lipinski definition) is 1. The molecule has 0 aromatic heterocycles. The minimum absolute atomic E-state index is 0.00859. The number of rotatable bonds is 3. The number of carbonyl (C=O) groups is 2. The first kappa shape index (κ1) is 17.2. The van der Waals surface area contributed by atoms with Crippen LogP contribution >= 0.6 is 0 Å². The zero-order chi connectivity index (χ0) is 18.1. The quantitative estimate of drug-likeness (QED) is 0.924. The van der Waals surface area contributed by atoms with E-state index in [-0.39, 0.29) is 24.2 Å². The van der Waals surface area contributed by atoms with E-state index >= 15 is 0 Å². The zero-order valence-electron chi connectivity index (χ0n) is 15.2. The van der Waals surface area contributed by atoms with Gasteiger partial charge in [0, 0.05) is 24.3 Å². The summed E-state index contributed by atoms with van der Waals surface area (Å²) in [6, 6.07) is 12.0. The van der Waals surface area contributed by atoms with Crippen molar-refractivity contribution in [1.29, 1.82) is 0 Å². The summed E-state index contributed by atoms with van der Waals surface area (Å²) < 4.78 is 0. The molecule has 1 N–H and O–H groups in total. The highest BCUT2D eigenvalue weighted by Crippen LogP contribution is 2.29. The van der Waals surface area contributed by atoms with E-state index in [1.54, 1.807) is 4.90 Å². The minimum Gasteiger partial charge on any atom is -0.326 e. The zero-order valence-corrected chi connectivity index (χ0v) is 15.2. The molecule has 1 fully saturated rings. The van der Waals surface area contributed by atoms with Crippen LogP contribution in [0.25, 0.3) is 0 Å². The van der Waals surface area contributed by atoms with Crippen molar-refractivity contribution in [2.24, 2.45) is 5.92 Å². The number of benzene rings is 2. The highest BCUT2D eigenvalue weighted by atomic mass is 16.2. The van der Waals surface area contributed by atoms with Gasteiger partial charge in [0.05, 0.1) is 5.92 Å². The molecule has 4 nitrogen and oxygen atoms in total. The second-order valence-electron chi connectivity index (χ2n) is 7.06. The molecule has 1 aliphatic heterocycles. The van der Waals surface area contributed by atoms with Crippen LogP contribution in [-0.2, 0) is 9.59 Å². The molecule has 0 spiro atoms. The number of nitrogens with zero attached hydrogens (tertiary/aromatic N) is 1. The Balaban J connectivity index is 1.75. The first-order chi connectivity index (χ1) is 11.8. The van der Waals surface area contributed by atoms with Crippen molar-refractivity contribution in [2.45, 2.75) is 34.1 Å². The summed E-state index contributed by atoms with van der Waals surface area (Å²) in [5.74, 6) is -0.409. The van der Waals surface area contributed by atoms with Crippen LogP contribution in [0.15, 0.2) is 36.4 Å². The van der Waals surface area contributed by atoms with E-state index in [0.29, 0.717) is 6.54 Å². The van der Waals surface area contributed by atoms with Gasteiger partial charge in [-0.3, -0.25) is 9.59 Å². The average molecular weight is 336 g/mol. The standard InChI is InChI=1S/C21H24N2O2/c1-13-5-6-16(4)19(10-13)23-12-17(11-20(23)24)21(25)22-18-8-14(2)7-15(3)9-18/h5-10,17H,11-12H2,1-4H3,(H,22,25)/t17-/m1/s1. The van der Waals surface area contributed by atoms with Gasteiger partial charge >= 0.3 is 0 Å². The van der Waals surface area contributed by atoms with Crippen LogP contribution in [0.4, 0.5) is 11.4 Å². The third kappa shape index (κ3) is 3.73. The van der Waals surface area contributed by atoms with Crippen molar-refractivity contribution in [3.63, 3.8) is 0 Å². The van der Waals surface area contributed by atoms with Crippen molar-refractivity contribution < 1.29 is 9.59 Å². The Bertz CT molecular complexity index is 822. The molecule has 0 radical (unpaired) electrons. The Morgan fingerprint density at radius 3 is 2.36 bits per heavy atom. The van der Waals surface area contributed by atoms with Gasteiger partial charge in [0.1, 0.15) is 0 Å². The molecule has 1 atom stereocenters. The molecular weight excluding hydrogens is 312 g/mol. The summed E-state index contributed by atoms with van der Waals surface area (Å²) in [7, 11) is 0. The van der Waals surface area contributed by atoms with Crippen LogP contribution in [0.1, 0.15) is 28.7 Å². The van der Waals surface area contributed by atoms with Crippen LogP contribution in [0.3, 0.4) is 0 Å². The molecule has 1 saturated heterocycles. The molecule has 0 bridgehead atoms. The monoisotopic (exact) mass is 336 g/mol. The molecule has 2 aromatic carbocycles. The number of hydrogen-bond acceptors (Lipinski definition) is 2. The van der Waals surface area contributed by atoms with Crippen molar-refractivity contribution in [2.75, 3.05) is 16.8 Å². The molecular formula is C21H24N2O2. The highest BCUT2D eigenvalue weighted by molar-refractivity contribution is 6.03. The van der Waals surface area contributed by atoms with Crippen molar-refractivity contribution >= 4 is 23.2 Å². The molecule has 4 heteroatoms. The largest absolute Gasteiger partial charge is 0.326 e. The maximum absolute atomic E-state index is 12.6. The van der Waals surface area contributed by atoms with Gasteiger partial charge in [0.2, 0.25) is 11.8 Å². The summed E-state index contributed by atoms with van der Waals surface area (Å²) >= 11 is 0. The first-order valence-corrected chi connectivity index (χ1v) is 8.60. The molecule has 2 aromatic rings. The van der Waals surface area contributed by atoms with E-state index in [0.717, 1.165) is 33.6 Å². The van der Waals surface area contributed by atoms with E-state index in [1.165, 1.54) is 0 Å². The van der Waals surface area contributed by atoms with Crippen LogP contribution in [-0.4, -0.2) is 18.4 Å². The van der Waals surface area contributed by atoms with Crippen LogP contribution in [0.5, 0.6) is 0 Å². The Morgan fingerprint density at radius 1 is 1.00 bits per heavy atom. The van der Waals surface area contributed by atoms with Crippen molar-refractivity contribution in [1.82, 2.24) is 0 Å². The SMILES string of the molecule is Cc1cc(C)cc(NC(=O)[C@@H]2CC(=O)N(c3cc(C)ccc3C)C2)c1. The van der Waals surface area contributed by atoms with E-state index in [9.17, 15) is 9.59 Å². The Labute approximate surface area is 148 Å². The lowest BCUT2D eigenvalue weighted by Gasteiger charge is -2.19. The van der Waals surface area contributed by atoms with Crippen LogP contribution in [0.2, 0.25) is 0 Å². The van der Waals surface area contributed by atoms with Gasteiger partial charge < -0.3 is 10.2 Å². The second-order valence-corrected chi connectivity index (χ2v) is 7.06. The predicted octanol–water partition coefficient (Wildman–Crippen LogP) is 3.91. The van der Waals surface area contributed by atoms with Gasteiger partial charge in [0.15, 0.2) is 0 Å². The van der Waals surface area contributed by atoms with Crippen LogP contribution in [0, 0.1) is 33.6 Å². The predicted molar refractivity (Wildman–Crippen MR) is 101 cm³/mol. The third-order valence-electron chi connectivity index (χ3n) is 4.64. The summed E-state index contributed by atoms with van der Waals surface area (Å²) in [5.41, 5.74) is 6.07. The van der Waals surface area contributed by atoms with Gasteiger partial charge in [-0.2, -0.15) is 0 Å². The molecule has 0 aliphatic carbocycles. The fourth-order valence-electron chi connectivity index (χ4n) is 3.42. The molecule has 25 heavy (non-hydrogen) atoms. The number of nitrogens with one attached hydrogen (secondary N) is 1. The van der Waals surface area contributed by atoms with E-state index in [1.807, 2.05) is 58.0 Å². The van der Waals surface area contributed by atoms with Crippen molar-refractivity contribution in [3.8, 4) is 0 Å². The lowest BCUT2D eigenvalue weighted by molar-refractivity contribution is -0.122. The average Bonchev–Trinajstić information content (AvgIpc) is 2.90. The van der Waals surface area contributed by atoms with Crippen molar-refractivity contribution in [3.05, 3.63) is 58.7 Å². The molecule has 0 unspecified atom stereocenters. The summed E-state index contributed by atoms with van der Waals surface area (Å²) in [5, 5.41) is 2.97. The third-order valence-corrected chi connectivity index (χ3v) is 4.64. The Morgan fingerprint density at radius 2 is 1.68 bits per heavy atom. The molecule has 2 amide bonds. The topological polar surface area (TPSA) is 49.4 Å². The van der Waals surface area contributed by atoms with Gasteiger partial charge in [0.25, 0.3) is 0 Å². The Hall–Kier alpha value is -2.62. The molecule has 3 rings (SSSR count). The van der Waals surface area contributed by atoms with E-state index in [2.05, 4.69) is 11.4 Å². The highest BCUT2D eigenvalue weighted by Gasteiger charge is 2.35. The number of carbonyl (C=O) groups excluding carboxylic acids is 2. The molecule has 1 aliphatic rings. The lowest BCUT2D eigenvalue weighted by atomic mass is 10.1. The maximum Gasteiger partial charge on any atom is 0.229 e. The normalized spacial score (nSPS) is 17.0. The second kappa shape index (κ2) is 6.71. The number of anilines is 2. The van der Waals surface area contributed by atoms with Gasteiger partial charge in [-0.1, -0.05) is 18.2 Å². The number of amides is 2. The molecule has 1 heterocycles. The lowest BCUT2D eigenvalue weighted by Crippen LogP contribution is -2.28. The smallest absolute Gasteiger partial charge is 0.229 e. The summed E-state index contributed by atoms with van der Waals surface area (Å²) in [6.07, 6.45) is 0.254. The van der Waals surface area contributed by atoms with Gasteiger partial charge in [-0.15, -0.1) is 0 Å². The van der Waals surface area contributed by atoms with Crippen LogP contribution < -0.4 is 10.2 Å². The number of aryl methyl sites for hydroxylation is 4. The van der Waals surface area contributed by atoms with Gasteiger partial charge in [-0.05, 0) is 68.1 Å². The summed E-state index contributed by atoms with van der Waals surface area (Å²) in [4.78, 5) is 26.8. The maximum atomic E-state index is 12.6. The van der Waals surface area contributed by atoms with Gasteiger partial charge in [-0.25, -0.2) is 0 Å².